The molecular formula is C9H6BrF7N2O. The van der Waals surface area contributed by atoms with Crippen LogP contribution in [0, 0.1) is 6.92 Å². The molecule has 0 aliphatic carbocycles. The van der Waals surface area contributed by atoms with E-state index in [1.54, 1.807) is 0 Å². The van der Waals surface area contributed by atoms with Crippen LogP contribution in [0.15, 0.2) is 4.47 Å². The largest absolute Gasteiger partial charge is 0.460 e. The molecule has 0 aliphatic heterocycles. The first kappa shape index (κ1) is 16.9. The fraction of sp³-hybridized carbons (Fsp3) is 0.556. The lowest BCUT2D eigenvalue weighted by Gasteiger charge is -2.28. The van der Waals surface area contributed by atoms with Crippen LogP contribution in [0.2, 0.25) is 0 Å². The van der Waals surface area contributed by atoms with Gasteiger partial charge in [0.25, 0.3) is 0 Å². The Morgan fingerprint density at radius 2 is 1.60 bits per heavy atom. The van der Waals surface area contributed by atoms with E-state index < -0.39 is 34.1 Å². The fourth-order valence-electron chi connectivity index (χ4n) is 1.33. The molecule has 1 rings (SSSR count). The number of aromatic nitrogens is 2. The summed E-state index contributed by atoms with van der Waals surface area (Å²) in [6.07, 6.45) is -6.49. The van der Waals surface area contributed by atoms with Gasteiger partial charge in [-0.1, -0.05) is 0 Å². The van der Waals surface area contributed by atoms with E-state index in [0.29, 0.717) is 6.92 Å². The van der Waals surface area contributed by atoms with Gasteiger partial charge in [-0.15, -0.1) is 0 Å². The normalized spacial score (nSPS) is 13.7. The zero-order valence-electron chi connectivity index (χ0n) is 9.83. The lowest BCUT2D eigenvalue weighted by Crippen LogP contribution is -2.51. The van der Waals surface area contributed by atoms with Crippen LogP contribution in [0.4, 0.5) is 30.7 Å². The van der Waals surface area contributed by atoms with Crippen molar-refractivity contribution in [2.75, 3.05) is 0 Å². The molecule has 0 N–H and O–H groups in total. The Labute approximate surface area is 115 Å². The molecule has 0 unspecified atom stereocenters. The molecule has 0 aliphatic rings. The third-order valence-corrected chi connectivity index (χ3v) is 3.28. The minimum Gasteiger partial charge on any atom is -0.273 e. The van der Waals surface area contributed by atoms with Gasteiger partial charge in [-0.2, -0.15) is 40.5 Å². The van der Waals surface area contributed by atoms with Crippen LogP contribution in [0.3, 0.4) is 0 Å². The predicted octanol–water partition coefficient (Wildman–Crippen LogP) is 3.90. The van der Waals surface area contributed by atoms with Crippen molar-refractivity contribution in [2.24, 2.45) is 0 Å². The summed E-state index contributed by atoms with van der Waals surface area (Å²) in [5.41, 5.74) is -2.17. The monoisotopic (exact) mass is 370 g/mol. The number of aryl methyl sites for hydroxylation is 1. The molecule has 0 saturated carbocycles. The van der Waals surface area contributed by atoms with Gasteiger partial charge in [-0.05, 0) is 22.9 Å². The Bertz CT molecular complexity index is 549. The van der Waals surface area contributed by atoms with E-state index in [2.05, 4.69) is 21.0 Å². The van der Waals surface area contributed by atoms with Crippen LogP contribution in [-0.4, -0.2) is 27.8 Å². The minimum absolute atomic E-state index is 0.181. The van der Waals surface area contributed by atoms with Crippen molar-refractivity contribution >= 4 is 21.8 Å². The number of rotatable bonds is 2. The number of halogens is 8. The second-order valence-electron chi connectivity index (χ2n) is 3.83. The molecule has 0 amide bonds. The summed E-state index contributed by atoms with van der Waals surface area (Å²) in [6, 6.07) is 0. The van der Waals surface area contributed by atoms with E-state index in [1.165, 1.54) is 0 Å². The van der Waals surface area contributed by atoms with E-state index in [9.17, 15) is 35.5 Å². The van der Waals surface area contributed by atoms with Crippen molar-refractivity contribution in [2.45, 2.75) is 31.9 Å². The molecule has 1 aromatic heterocycles. The minimum atomic E-state index is -6.49. The second-order valence-corrected chi connectivity index (χ2v) is 4.62. The molecule has 1 aromatic rings. The SMILES string of the molecule is CC(=O)n1nc(C)c(Br)c1C(F)(F)C(F)(F)C(F)(F)F. The summed E-state index contributed by atoms with van der Waals surface area (Å²) in [4.78, 5) is 11.1. The van der Waals surface area contributed by atoms with Crippen LogP contribution >= 0.6 is 15.9 Å². The lowest BCUT2D eigenvalue weighted by molar-refractivity contribution is -0.361. The maximum atomic E-state index is 13.6. The Kier molecular flexibility index (Phi) is 3.98. The first-order valence-corrected chi connectivity index (χ1v) is 5.63. The summed E-state index contributed by atoms with van der Waals surface area (Å²) >= 11 is 2.45. The van der Waals surface area contributed by atoms with Gasteiger partial charge in [-0.25, -0.2) is 0 Å². The highest BCUT2D eigenvalue weighted by Gasteiger charge is 2.75. The molecule has 20 heavy (non-hydrogen) atoms. The van der Waals surface area contributed by atoms with Crippen molar-refractivity contribution in [3.63, 3.8) is 0 Å². The molecule has 1 heterocycles. The molecular weight excluding hydrogens is 365 g/mol. The standard InChI is InChI=1S/C9H6BrF7N2O/c1-3-5(10)6(19(18-3)4(2)20)7(11,12)8(13,14)9(15,16)17/h1-2H3. The Morgan fingerprint density at radius 3 is 1.95 bits per heavy atom. The smallest absolute Gasteiger partial charge is 0.273 e. The molecule has 0 spiro atoms. The molecule has 0 atom stereocenters. The van der Waals surface area contributed by atoms with E-state index in [0.717, 1.165) is 6.92 Å². The molecule has 3 nitrogen and oxygen atoms in total. The third kappa shape index (κ3) is 2.31. The third-order valence-electron chi connectivity index (χ3n) is 2.33. The summed E-state index contributed by atoms with van der Waals surface area (Å²) < 4.78 is 88.6. The highest BCUT2D eigenvalue weighted by molar-refractivity contribution is 9.10. The first-order valence-electron chi connectivity index (χ1n) is 4.84. The lowest BCUT2D eigenvalue weighted by atomic mass is 10.1. The van der Waals surface area contributed by atoms with Crippen LogP contribution in [0.5, 0.6) is 0 Å². The summed E-state index contributed by atoms with van der Waals surface area (Å²) in [6.45, 7) is 1.76. The van der Waals surface area contributed by atoms with Crippen molar-refractivity contribution in [3.8, 4) is 0 Å². The quantitative estimate of drug-likeness (QED) is 0.740. The molecule has 0 aromatic carbocycles. The van der Waals surface area contributed by atoms with Gasteiger partial charge in [-0.3, -0.25) is 4.79 Å². The number of hydrogen-bond acceptors (Lipinski definition) is 2. The number of nitrogens with zero attached hydrogens (tertiary/aromatic N) is 2. The Balaban J connectivity index is 3.62. The average molecular weight is 371 g/mol. The van der Waals surface area contributed by atoms with Crippen LogP contribution < -0.4 is 0 Å². The van der Waals surface area contributed by atoms with Crippen molar-refractivity contribution in [3.05, 3.63) is 15.9 Å². The summed E-state index contributed by atoms with van der Waals surface area (Å²) in [5, 5.41) is 3.21. The number of carbonyl (C=O) groups excluding carboxylic acids is 1. The van der Waals surface area contributed by atoms with Crippen LogP contribution in [0.25, 0.3) is 0 Å². The molecule has 0 fully saturated rings. The maximum absolute atomic E-state index is 13.6. The number of carbonyl (C=O) groups is 1. The van der Waals surface area contributed by atoms with Gasteiger partial charge in [0.15, 0.2) is 0 Å². The Hall–Kier alpha value is -1.13. The number of hydrogen-bond donors (Lipinski definition) is 0. The van der Waals surface area contributed by atoms with Crippen molar-refractivity contribution in [1.29, 1.82) is 0 Å². The fourth-order valence-corrected chi connectivity index (χ4v) is 1.83. The second kappa shape index (κ2) is 4.71. The zero-order chi connectivity index (χ0) is 16.1. The van der Waals surface area contributed by atoms with Crippen molar-refractivity contribution < 1.29 is 35.5 Å². The zero-order valence-corrected chi connectivity index (χ0v) is 11.4. The first-order chi connectivity index (χ1) is 8.75. The van der Waals surface area contributed by atoms with Crippen LogP contribution in [0.1, 0.15) is 23.1 Å². The van der Waals surface area contributed by atoms with Gasteiger partial charge in [0.05, 0.1) is 10.2 Å². The highest BCUT2D eigenvalue weighted by Crippen LogP contribution is 2.53. The van der Waals surface area contributed by atoms with Gasteiger partial charge in [0, 0.05) is 6.92 Å². The Morgan fingerprint density at radius 1 is 1.15 bits per heavy atom. The van der Waals surface area contributed by atoms with Gasteiger partial charge in [0.1, 0.15) is 5.69 Å². The summed E-state index contributed by atoms with van der Waals surface area (Å²) in [7, 11) is 0. The molecule has 0 radical (unpaired) electrons. The maximum Gasteiger partial charge on any atom is 0.460 e. The summed E-state index contributed by atoms with van der Waals surface area (Å²) in [5.74, 6) is -13.3. The molecule has 0 saturated heterocycles. The average Bonchev–Trinajstić information content (AvgIpc) is 2.54. The topological polar surface area (TPSA) is 34.9 Å². The molecule has 114 valence electrons. The van der Waals surface area contributed by atoms with E-state index in [-0.39, 0.29) is 10.4 Å². The van der Waals surface area contributed by atoms with Gasteiger partial charge < -0.3 is 0 Å². The number of alkyl halides is 7. The highest BCUT2D eigenvalue weighted by atomic mass is 79.9. The van der Waals surface area contributed by atoms with E-state index in [4.69, 9.17) is 0 Å². The van der Waals surface area contributed by atoms with E-state index >= 15 is 0 Å². The van der Waals surface area contributed by atoms with E-state index in [1.807, 2.05) is 0 Å². The molecule has 0 bridgehead atoms. The van der Waals surface area contributed by atoms with Gasteiger partial charge in [0.2, 0.25) is 5.91 Å². The van der Waals surface area contributed by atoms with Crippen molar-refractivity contribution in [1.82, 2.24) is 9.78 Å². The molecule has 11 heteroatoms. The predicted molar refractivity (Wildman–Crippen MR) is 55.9 cm³/mol. The van der Waals surface area contributed by atoms with Gasteiger partial charge >= 0.3 is 18.0 Å². The van der Waals surface area contributed by atoms with Crippen LogP contribution in [-0.2, 0) is 5.92 Å².